The number of carbonyl (C=O) groups excluding carboxylic acids is 3. The lowest BCUT2D eigenvalue weighted by molar-refractivity contribution is -0.141. The topological polar surface area (TPSA) is 122 Å². The van der Waals surface area contributed by atoms with Crippen molar-refractivity contribution in [3.8, 4) is 5.75 Å². The van der Waals surface area contributed by atoms with Crippen molar-refractivity contribution >= 4 is 23.8 Å². The first kappa shape index (κ1) is 28.9. The number of piperidine rings is 1. The molecule has 0 saturated carbocycles. The third-order valence-corrected chi connectivity index (χ3v) is 7.26. The summed E-state index contributed by atoms with van der Waals surface area (Å²) in [6, 6.07) is 7.79. The molecule has 0 aliphatic carbocycles. The number of aryl methyl sites for hydroxylation is 1. The van der Waals surface area contributed by atoms with Crippen LogP contribution in [0.25, 0.3) is 0 Å². The summed E-state index contributed by atoms with van der Waals surface area (Å²) in [5.41, 5.74) is 0.593. The van der Waals surface area contributed by atoms with Gasteiger partial charge in [0.1, 0.15) is 19.3 Å². The van der Waals surface area contributed by atoms with Crippen LogP contribution in [0.15, 0.2) is 36.4 Å². The minimum Gasteiger partial charge on any atom is -0.481 e. The zero-order chi connectivity index (χ0) is 29.0. The van der Waals surface area contributed by atoms with Crippen LogP contribution in [0.2, 0.25) is 0 Å². The number of halogens is 3. The van der Waals surface area contributed by atoms with E-state index in [0.29, 0.717) is 31.7 Å². The van der Waals surface area contributed by atoms with E-state index in [0.717, 1.165) is 5.56 Å². The second-order valence-electron chi connectivity index (χ2n) is 10.0. The minimum absolute atomic E-state index is 0.115. The van der Waals surface area contributed by atoms with Crippen molar-refractivity contribution in [3.63, 3.8) is 0 Å². The monoisotopic (exact) mass is 562 g/mol. The van der Waals surface area contributed by atoms with E-state index < -0.39 is 71.9 Å². The summed E-state index contributed by atoms with van der Waals surface area (Å²) in [5, 5.41) is 11.7. The zero-order valence-corrected chi connectivity index (χ0v) is 21.7. The molecule has 2 aromatic carbocycles. The highest BCUT2D eigenvalue weighted by Gasteiger charge is 2.46. The number of hydrogen-bond donors (Lipinski definition) is 2. The molecule has 0 spiro atoms. The van der Waals surface area contributed by atoms with Crippen LogP contribution >= 0.6 is 0 Å². The van der Waals surface area contributed by atoms with Gasteiger partial charge in [0.2, 0.25) is 11.7 Å². The van der Waals surface area contributed by atoms with Crippen LogP contribution in [-0.4, -0.2) is 58.5 Å². The fourth-order valence-electron chi connectivity index (χ4n) is 5.26. The Morgan fingerprint density at radius 3 is 2.33 bits per heavy atom. The first-order chi connectivity index (χ1) is 19.0. The van der Waals surface area contributed by atoms with Gasteiger partial charge in [0, 0.05) is 18.0 Å². The lowest BCUT2D eigenvalue weighted by Crippen LogP contribution is -2.52. The van der Waals surface area contributed by atoms with E-state index in [2.05, 4.69) is 5.32 Å². The van der Waals surface area contributed by atoms with Crippen molar-refractivity contribution in [3.05, 3.63) is 65.0 Å². The van der Waals surface area contributed by atoms with Gasteiger partial charge < -0.3 is 24.8 Å². The van der Waals surface area contributed by atoms with Gasteiger partial charge in [0.15, 0.2) is 23.2 Å². The lowest BCUT2D eigenvalue weighted by Gasteiger charge is -2.37. The first-order valence-electron chi connectivity index (χ1n) is 12.9. The van der Waals surface area contributed by atoms with E-state index in [-0.39, 0.29) is 24.3 Å². The van der Waals surface area contributed by atoms with Gasteiger partial charge in [-0.1, -0.05) is 30.3 Å². The summed E-state index contributed by atoms with van der Waals surface area (Å²) in [4.78, 5) is 51.6. The third-order valence-electron chi connectivity index (χ3n) is 7.26. The molecule has 2 unspecified atom stereocenters. The van der Waals surface area contributed by atoms with Crippen LogP contribution in [0, 0.1) is 30.3 Å². The highest BCUT2D eigenvalue weighted by Crippen LogP contribution is 2.39. The number of aliphatic carboxylic acids is 1. The summed E-state index contributed by atoms with van der Waals surface area (Å²) < 4.78 is 52.2. The number of carbonyl (C=O) groups is 4. The molecule has 40 heavy (non-hydrogen) atoms. The summed E-state index contributed by atoms with van der Waals surface area (Å²) in [7, 11) is 0. The molecule has 2 N–H and O–H groups in total. The third kappa shape index (κ3) is 6.54. The van der Waals surface area contributed by atoms with Gasteiger partial charge in [-0.15, -0.1) is 0 Å². The maximum atomic E-state index is 14.2. The van der Waals surface area contributed by atoms with Crippen molar-refractivity contribution in [2.75, 3.05) is 6.61 Å². The van der Waals surface area contributed by atoms with Crippen molar-refractivity contribution in [2.45, 2.75) is 63.8 Å². The number of benzene rings is 2. The van der Waals surface area contributed by atoms with Gasteiger partial charge >= 0.3 is 12.1 Å². The lowest BCUT2D eigenvalue weighted by atomic mass is 9.89. The van der Waals surface area contributed by atoms with Crippen molar-refractivity contribution in [2.24, 2.45) is 5.92 Å². The Balaban J connectivity index is 1.36. The van der Waals surface area contributed by atoms with E-state index in [1.54, 1.807) is 4.90 Å². The molecule has 3 atom stereocenters. The predicted molar refractivity (Wildman–Crippen MR) is 134 cm³/mol. The number of amides is 2. The van der Waals surface area contributed by atoms with Gasteiger partial charge in [-0.25, -0.2) is 13.6 Å². The van der Waals surface area contributed by atoms with Crippen molar-refractivity contribution in [1.29, 1.82) is 0 Å². The van der Waals surface area contributed by atoms with Crippen LogP contribution in [0.4, 0.5) is 18.0 Å². The molecule has 4 rings (SSSR count). The van der Waals surface area contributed by atoms with Crippen molar-refractivity contribution in [1.82, 2.24) is 10.2 Å². The summed E-state index contributed by atoms with van der Waals surface area (Å²) in [5.74, 6) is -8.82. The van der Waals surface area contributed by atoms with Crippen molar-refractivity contribution < 1.29 is 46.9 Å². The van der Waals surface area contributed by atoms with E-state index in [1.165, 1.54) is 6.92 Å². The molecule has 0 aromatic heterocycles. The molecule has 2 amide bonds. The van der Waals surface area contributed by atoms with E-state index in [4.69, 9.17) is 9.47 Å². The van der Waals surface area contributed by atoms with E-state index in [1.807, 2.05) is 30.3 Å². The molecule has 214 valence electrons. The fourth-order valence-corrected chi connectivity index (χ4v) is 5.26. The Bertz CT molecular complexity index is 1250. The molecule has 2 aromatic rings. The number of rotatable bonds is 10. The second kappa shape index (κ2) is 12.4. The maximum absolute atomic E-state index is 14.2. The molecule has 9 nitrogen and oxygen atoms in total. The van der Waals surface area contributed by atoms with Crippen LogP contribution in [0.1, 0.15) is 43.2 Å². The Hall–Kier alpha value is -4.09. The van der Waals surface area contributed by atoms with Crippen LogP contribution in [0.5, 0.6) is 5.75 Å². The highest BCUT2D eigenvalue weighted by atomic mass is 19.2. The number of fused-ring (bicyclic) bond motifs is 2. The van der Waals surface area contributed by atoms with Crippen LogP contribution in [-0.2, 0) is 25.7 Å². The Labute approximate surface area is 228 Å². The van der Waals surface area contributed by atoms with Gasteiger partial charge in [0.25, 0.3) is 0 Å². The number of nitrogens with zero attached hydrogens (tertiary/aromatic N) is 1. The molecule has 2 aliphatic rings. The predicted octanol–water partition coefficient (Wildman–Crippen LogP) is 3.90. The fraction of sp³-hybridized carbons (Fsp3) is 0.429. The summed E-state index contributed by atoms with van der Waals surface area (Å²) in [6.07, 6.45) is 0.671. The number of ketones is 1. The number of hydrogen-bond acceptors (Lipinski definition) is 6. The van der Waals surface area contributed by atoms with Gasteiger partial charge in [-0.3, -0.25) is 14.4 Å². The number of carboxylic acid groups (broad SMARTS) is 1. The highest BCUT2D eigenvalue weighted by molar-refractivity contribution is 5.93. The van der Waals surface area contributed by atoms with Crippen LogP contribution in [0.3, 0.4) is 0 Å². The standard InChI is InChI=1S/C28H29F3N2O7/c1-15-9-20(29)25(31)26(24(15)30)39-14-22(34)21(12-23(35)36)32-27(37)17-10-18-7-8-19(11-17)33(18)28(38)40-13-16-5-3-2-4-6-16/h2-6,9,17-19,21H,7-8,10-14H2,1H3,(H,32,37)(H,35,36)/t17?,18?,19?,21-/m0/s1. The quantitative estimate of drug-likeness (QED) is 0.421. The molecule has 2 saturated heterocycles. The summed E-state index contributed by atoms with van der Waals surface area (Å²) >= 11 is 0. The molecule has 2 bridgehead atoms. The average molecular weight is 563 g/mol. The van der Waals surface area contributed by atoms with Gasteiger partial charge in [-0.2, -0.15) is 4.39 Å². The molecule has 2 fully saturated rings. The number of ether oxygens (including phenoxy) is 2. The molecular formula is C28H29F3N2O7. The maximum Gasteiger partial charge on any atom is 0.410 e. The van der Waals surface area contributed by atoms with Crippen LogP contribution < -0.4 is 10.1 Å². The Morgan fingerprint density at radius 2 is 1.70 bits per heavy atom. The minimum atomic E-state index is -1.63. The summed E-state index contributed by atoms with van der Waals surface area (Å²) in [6.45, 7) is 0.302. The van der Waals surface area contributed by atoms with Gasteiger partial charge in [0.05, 0.1) is 6.42 Å². The Kier molecular flexibility index (Phi) is 8.96. The SMILES string of the molecule is Cc1cc(F)c(F)c(OCC(=O)[C@H](CC(=O)O)NC(=O)C2CC3CCC(C2)N3C(=O)OCc2ccccc2)c1F. The number of carboxylic acids is 1. The number of Topliss-reactive ketones (excluding diaryl/α,β-unsaturated/α-hetero) is 1. The smallest absolute Gasteiger partial charge is 0.410 e. The molecule has 2 heterocycles. The first-order valence-corrected chi connectivity index (χ1v) is 12.9. The Morgan fingerprint density at radius 1 is 1.05 bits per heavy atom. The second-order valence-corrected chi connectivity index (χ2v) is 10.0. The van der Waals surface area contributed by atoms with E-state index >= 15 is 0 Å². The zero-order valence-electron chi connectivity index (χ0n) is 21.7. The average Bonchev–Trinajstić information content (AvgIpc) is 3.19. The molecular weight excluding hydrogens is 533 g/mol. The largest absolute Gasteiger partial charge is 0.481 e. The normalized spacial score (nSPS) is 20.5. The van der Waals surface area contributed by atoms with Gasteiger partial charge in [-0.05, 0) is 49.8 Å². The number of nitrogens with one attached hydrogen (secondary N) is 1. The molecule has 2 aliphatic heterocycles. The molecule has 12 heteroatoms. The van der Waals surface area contributed by atoms with E-state index in [9.17, 15) is 37.5 Å². The molecule has 0 radical (unpaired) electrons.